The summed E-state index contributed by atoms with van der Waals surface area (Å²) in [7, 11) is 0. The molecule has 2 amide bonds. The van der Waals surface area contributed by atoms with Gasteiger partial charge in [0.05, 0.1) is 12.0 Å². The number of rotatable bonds is 5. The van der Waals surface area contributed by atoms with Gasteiger partial charge in [-0.1, -0.05) is 41.3 Å². The average molecular weight is 400 g/mol. The minimum absolute atomic E-state index is 0.0359. The van der Waals surface area contributed by atoms with Crippen LogP contribution in [-0.2, 0) is 11.2 Å². The highest BCUT2D eigenvalue weighted by atomic mass is 32.2. The van der Waals surface area contributed by atoms with Gasteiger partial charge in [0, 0.05) is 11.7 Å². The molecule has 3 heterocycles. The Bertz CT molecular complexity index is 971. The second-order valence-electron chi connectivity index (χ2n) is 6.04. The molecule has 1 unspecified atom stereocenters. The Morgan fingerprint density at radius 1 is 1.30 bits per heavy atom. The van der Waals surface area contributed by atoms with Gasteiger partial charge in [-0.2, -0.15) is 0 Å². The van der Waals surface area contributed by atoms with E-state index in [-0.39, 0.29) is 29.4 Å². The van der Waals surface area contributed by atoms with Gasteiger partial charge in [-0.05, 0) is 37.1 Å². The largest absolute Gasteiger partial charge is 0.459 e. The van der Waals surface area contributed by atoms with Crippen LogP contribution in [0, 0.1) is 0 Å². The number of hydrogen-bond acceptors (Lipinski definition) is 7. The predicted molar refractivity (Wildman–Crippen MR) is 104 cm³/mol. The van der Waals surface area contributed by atoms with Crippen molar-refractivity contribution in [3.8, 4) is 0 Å². The van der Waals surface area contributed by atoms with Crippen molar-refractivity contribution in [2.75, 3.05) is 16.0 Å². The van der Waals surface area contributed by atoms with E-state index in [1.165, 1.54) is 34.9 Å². The van der Waals surface area contributed by atoms with Crippen molar-refractivity contribution in [3.05, 3.63) is 54.0 Å². The Kier molecular flexibility index (Phi) is 4.95. The van der Waals surface area contributed by atoms with Gasteiger partial charge in [-0.25, -0.2) is 0 Å². The van der Waals surface area contributed by atoms with Crippen LogP contribution in [0.1, 0.15) is 23.0 Å². The molecule has 0 saturated carbocycles. The number of nitrogens with zero attached hydrogens (tertiary/aromatic N) is 3. The molecule has 138 valence electrons. The van der Waals surface area contributed by atoms with Gasteiger partial charge < -0.3 is 9.32 Å². The van der Waals surface area contributed by atoms with Crippen LogP contribution < -0.4 is 10.2 Å². The molecule has 1 aliphatic rings. The second kappa shape index (κ2) is 7.53. The van der Waals surface area contributed by atoms with Gasteiger partial charge >= 0.3 is 0 Å². The maximum absolute atomic E-state index is 12.7. The third-order valence-electron chi connectivity index (χ3n) is 4.17. The zero-order valence-corrected chi connectivity index (χ0v) is 16.0. The van der Waals surface area contributed by atoms with Crippen LogP contribution in [0.4, 0.5) is 10.8 Å². The summed E-state index contributed by atoms with van der Waals surface area (Å²) in [5.41, 5.74) is 2.18. The van der Waals surface area contributed by atoms with Crippen LogP contribution in [0.5, 0.6) is 0 Å². The lowest BCUT2D eigenvalue weighted by molar-refractivity contribution is -0.116. The molecule has 2 aromatic heterocycles. The van der Waals surface area contributed by atoms with Crippen molar-refractivity contribution in [2.24, 2.45) is 0 Å². The number of para-hydroxylation sites is 1. The molecule has 4 rings (SSSR count). The third-order valence-corrected chi connectivity index (χ3v) is 6.12. The molecule has 7 nitrogen and oxygen atoms in total. The van der Waals surface area contributed by atoms with Crippen molar-refractivity contribution in [1.82, 2.24) is 10.2 Å². The molecule has 9 heteroatoms. The molecule has 3 aromatic rings. The lowest BCUT2D eigenvalue weighted by atomic mass is 10.1. The van der Waals surface area contributed by atoms with Gasteiger partial charge in [0.1, 0.15) is 0 Å². The van der Waals surface area contributed by atoms with Crippen molar-refractivity contribution < 1.29 is 14.0 Å². The summed E-state index contributed by atoms with van der Waals surface area (Å²) in [6, 6.07) is 11.3. The maximum Gasteiger partial charge on any atom is 0.293 e. The number of nitrogens with one attached hydrogen (secondary N) is 1. The Morgan fingerprint density at radius 2 is 2.15 bits per heavy atom. The number of hydrogen-bond donors (Lipinski definition) is 1. The van der Waals surface area contributed by atoms with Crippen molar-refractivity contribution in [2.45, 2.75) is 23.7 Å². The van der Waals surface area contributed by atoms with Crippen LogP contribution >= 0.6 is 23.1 Å². The molecule has 0 aliphatic carbocycles. The molecule has 0 radical (unpaired) electrons. The molecule has 0 fully saturated rings. The standard InChI is InChI=1S/C18H16N4O3S2/c1-11-9-12-5-2-3-6-13(12)22(11)15(23)10-26-18-21-20-17(27-18)19-16(24)14-7-4-8-25-14/h2-8,11H,9-10H2,1H3,(H,19,20,24). The molecular formula is C18H16N4O3S2. The molecule has 1 aromatic carbocycles. The number of anilines is 2. The summed E-state index contributed by atoms with van der Waals surface area (Å²) in [6.45, 7) is 2.05. The molecule has 1 atom stereocenters. The molecule has 0 saturated heterocycles. The molecule has 27 heavy (non-hydrogen) atoms. The van der Waals surface area contributed by atoms with Gasteiger partial charge in [-0.15, -0.1) is 10.2 Å². The van der Waals surface area contributed by atoms with Crippen molar-refractivity contribution in [3.63, 3.8) is 0 Å². The first-order valence-corrected chi connectivity index (χ1v) is 10.1. The van der Waals surface area contributed by atoms with Crippen molar-refractivity contribution >= 4 is 45.7 Å². The van der Waals surface area contributed by atoms with Crippen molar-refractivity contribution in [1.29, 1.82) is 0 Å². The van der Waals surface area contributed by atoms with E-state index in [2.05, 4.69) is 28.5 Å². The van der Waals surface area contributed by atoms with E-state index < -0.39 is 0 Å². The Labute approximate surface area is 163 Å². The van der Waals surface area contributed by atoms with Crippen LogP contribution in [0.25, 0.3) is 0 Å². The Hall–Kier alpha value is -2.65. The fraction of sp³-hybridized carbons (Fsp3) is 0.222. The highest BCUT2D eigenvalue weighted by molar-refractivity contribution is 8.01. The summed E-state index contributed by atoms with van der Waals surface area (Å²) in [5, 5.41) is 11.0. The monoisotopic (exact) mass is 400 g/mol. The summed E-state index contributed by atoms with van der Waals surface area (Å²) < 4.78 is 5.66. The topological polar surface area (TPSA) is 88.3 Å². The first kappa shape index (κ1) is 17.7. The second-order valence-corrected chi connectivity index (χ2v) is 8.24. The van der Waals surface area contributed by atoms with E-state index in [0.29, 0.717) is 9.47 Å². The minimum atomic E-state index is -0.383. The number of carbonyl (C=O) groups is 2. The SMILES string of the molecule is CC1Cc2ccccc2N1C(=O)CSc1nnc(NC(=O)c2ccco2)s1. The number of benzene rings is 1. The van der Waals surface area contributed by atoms with Crippen LogP contribution in [0.3, 0.4) is 0 Å². The quantitative estimate of drug-likeness (QED) is 0.521. The maximum atomic E-state index is 12.7. The highest BCUT2D eigenvalue weighted by Gasteiger charge is 2.30. The molecule has 1 aliphatic heterocycles. The van der Waals surface area contributed by atoms with Crippen LogP contribution in [-0.4, -0.2) is 33.8 Å². The summed E-state index contributed by atoms with van der Waals surface area (Å²) in [5.74, 6) is 0.121. The highest BCUT2D eigenvalue weighted by Crippen LogP contribution is 2.33. The Balaban J connectivity index is 1.36. The average Bonchev–Trinajstić information content (AvgIpc) is 3.39. The van der Waals surface area contributed by atoms with E-state index in [0.717, 1.165) is 12.1 Å². The number of furan rings is 1. The summed E-state index contributed by atoms with van der Waals surface area (Å²) in [4.78, 5) is 26.5. The predicted octanol–water partition coefficient (Wildman–Crippen LogP) is 3.45. The normalized spacial score (nSPS) is 15.6. The van der Waals surface area contributed by atoms with E-state index in [1.54, 1.807) is 12.1 Å². The number of thioether (sulfide) groups is 1. The fourth-order valence-electron chi connectivity index (χ4n) is 3.02. The number of carbonyl (C=O) groups excluding carboxylic acids is 2. The molecular weight excluding hydrogens is 384 g/mol. The number of amides is 2. The van der Waals surface area contributed by atoms with Gasteiger partial charge in [0.2, 0.25) is 11.0 Å². The molecule has 0 bridgehead atoms. The van der Waals surface area contributed by atoms with Crippen LogP contribution in [0.15, 0.2) is 51.4 Å². The third kappa shape index (κ3) is 3.74. The van der Waals surface area contributed by atoms with E-state index >= 15 is 0 Å². The minimum Gasteiger partial charge on any atom is -0.459 e. The van der Waals surface area contributed by atoms with Gasteiger partial charge in [0.25, 0.3) is 5.91 Å². The first-order chi connectivity index (χ1) is 13.1. The van der Waals surface area contributed by atoms with E-state index in [1.807, 2.05) is 23.1 Å². The zero-order chi connectivity index (χ0) is 18.8. The van der Waals surface area contributed by atoms with Gasteiger partial charge in [-0.3, -0.25) is 14.9 Å². The summed E-state index contributed by atoms with van der Waals surface area (Å²) >= 11 is 2.54. The smallest absolute Gasteiger partial charge is 0.293 e. The molecule has 0 spiro atoms. The zero-order valence-electron chi connectivity index (χ0n) is 14.4. The lowest BCUT2D eigenvalue weighted by Crippen LogP contribution is -2.36. The first-order valence-electron chi connectivity index (χ1n) is 8.33. The fourth-order valence-corrected chi connectivity index (χ4v) is 4.63. The number of fused-ring (bicyclic) bond motifs is 1. The van der Waals surface area contributed by atoms with Crippen LogP contribution in [0.2, 0.25) is 0 Å². The number of aromatic nitrogens is 2. The Morgan fingerprint density at radius 3 is 2.96 bits per heavy atom. The molecule has 1 N–H and O–H groups in total. The van der Waals surface area contributed by atoms with E-state index in [9.17, 15) is 9.59 Å². The van der Waals surface area contributed by atoms with E-state index in [4.69, 9.17) is 4.42 Å². The lowest BCUT2D eigenvalue weighted by Gasteiger charge is -2.22. The van der Waals surface area contributed by atoms with Gasteiger partial charge in [0.15, 0.2) is 10.1 Å². The summed E-state index contributed by atoms with van der Waals surface area (Å²) in [6.07, 6.45) is 2.30.